The van der Waals surface area contributed by atoms with Crippen molar-refractivity contribution in [3.63, 3.8) is 0 Å². The monoisotopic (exact) mass is 256 g/mol. The number of carbonyl (C=O) groups is 1. The number of carbonyl (C=O) groups excluding carboxylic acids is 1. The van der Waals surface area contributed by atoms with Crippen LogP contribution in [0.1, 0.15) is 25.7 Å². The molecule has 0 aromatic rings. The van der Waals surface area contributed by atoms with Crippen molar-refractivity contribution in [3.05, 3.63) is 0 Å². The van der Waals surface area contributed by atoms with E-state index in [1.807, 2.05) is 4.90 Å². The molecule has 3 aliphatic heterocycles. The Bertz CT molecular complexity index is 382. The van der Waals surface area contributed by atoms with Crippen molar-refractivity contribution in [2.24, 2.45) is 17.8 Å². The first-order chi connectivity index (χ1) is 8.58. The Morgan fingerprint density at radius 2 is 1.78 bits per heavy atom. The van der Waals surface area contributed by atoms with Crippen LogP contribution in [-0.2, 0) is 4.79 Å². The highest BCUT2D eigenvalue weighted by Gasteiger charge is 2.60. The zero-order chi connectivity index (χ0) is 12.5. The Morgan fingerprint density at radius 1 is 1.22 bits per heavy atom. The fraction of sp³-hybridized carbons (Fsp3) is 0.923. The molecule has 1 saturated carbocycles. The molecule has 5 heteroatoms. The molecule has 3 heterocycles. The van der Waals surface area contributed by atoms with E-state index in [9.17, 15) is 13.6 Å². The number of nitrogens with one attached hydrogen (secondary N) is 1. The SMILES string of the molecule is O=C(C[C@H]1CC1(F)F)N1[C@@H]2CC[C@H]1[C@H]1CNC[C@H]12. The maximum atomic E-state index is 12.9. The van der Waals surface area contributed by atoms with Gasteiger partial charge in [0.1, 0.15) is 0 Å². The third-order valence-corrected chi connectivity index (χ3v) is 5.44. The predicted molar refractivity (Wildman–Crippen MR) is 61.2 cm³/mol. The lowest BCUT2D eigenvalue weighted by Crippen LogP contribution is -2.39. The van der Waals surface area contributed by atoms with Gasteiger partial charge in [0.25, 0.3) is 5.92 Å². The van der Waals surface area contributed by atoms with Crippen LogP contribution < -0.4 is 5.32 Å². The van der Waals surface area contributed by atoms with Gasteiger partial charge in [-0.3, -0.25) is 4.79 Å². The summed E-state index contributed by atoms with van der Waals surface area (Å²) < 4.78 is 25.8. The molecule has 1 amide bonds. The lowest BCUT2D eigenvalue weighted by Gasteiger charge is -2.24. The molecule has 4 aliphatic rings. The van der Waals surface area contributed by atoms with Crippen LogP contribution in [0.15, 0.2) is 0 Å². The van der Waals surface area contributed by atoms with Crippen molar-refractivity contribution in [2.75, 3.05) is 13.1 Å². The normalized spacial score (nSPS) is 47.4. The van der Waals surface area contributed by atoms with Crippen LogP contribution in [0, 0.1) is 17.8 Å². The van der Waals surface area contributed by atoms with Gasteiger partial charge in [-0.25, -0.2) is 8.78 Å². The topological polar surface area (TPSA) is 32.3 Å². The third kappa shape index (κ3) is 1.40. The number of nitrogens with zero attached hydrogens (tertiary/aromatic N) is 1. The standard InChI is InChI=1S/C13H18F2N2O/c14-13(15)4-7(13)3-12(18)17-10-1-2-11(17)9-6-16-5-8(9)10/h7-11,16H,1-6H2/t7-,8-,9+,10-,11+/m0/s1. The molecule has 3 saturated heterocycles. The van der Waals surface area contributed by atoms with Gasteiger partial charge in [0.05, 0.1) is 0 Å². The number of amides is 1. The Hall–Kier alpha value is -0.710. The van der Waals surface area contributed by atoms with E-state index in [-0.39, 0.29) is 18.7 Å². The molecule has 0 spiro atoms. The molecule has 1 N–H and O–H groups in total. The molecular formula is C13H18F2N2O. The number of fused-ring (bicyclic) bond motifs is 5. The maximum absolute atomic E-state index is 12.9. The first kappa shape index (κ1) is 11.1. The number of hydrogen-bond donors (Lipinski definition) is 1. The molecule has 4 rings (SSSR count). The molecule has 4 fully saturated rings. The van der Waals surface area contributed by atoms with Crippen LogP contribution in [-0.4, -0.2) is 41.9 Å². The van der Waals surface area contributed by atoms with Crippen LogP contribution in [0.25, 0.3) is 0 Å². The van der Waals surface area contributed by atoms with Crippen molar-refractivity contribution in [1.82, 2.24) is 10.2 Å². The minimum atomic E-state index is -2.56. The van der Waals surface area contributed by atoms with Crippen molar-refractivity contribution in [3.8, 4) is 0 Å². The average molecular weight is 256 g/mol. The van der Waals surface area contributed by atoms with Gasteiger partial charge in [-0.1, -0.05) is 0 Å². The second-order valence-corrected chi connectivity index (χ2v) is 6.37. The minimum absolute atomic E-state index is 0.0147. The van der Waals surface area contributed by atoms with Gasteiger partial charge in [-0.05, 0) is 24.7 Å². The first-order valence-electron chi connectivity index (χ1n) is 6.97. The van der Waals surface area contributed by atoms with Gasteiger partial charge < -0.3 is 10.2 Å². The number of hydrogen-bond acceptors (Lipinski definition) is 2. The summed E-state index contributed by atoms with van der Waals surface area (Å²) in [6.07, 6.45) is 2.11. The van der Waals surface area contributed by atoms with E-state index >= 15 is 0 Å². The van der Waals surface area contributed by atoms with E-state index in [0.29, 0.717) is 23.9 Å². The summed E-state index contributed by atoms with van der Waals surface area (Å²) in [6.45, 7) is 1.99. The van der Waals surface area contributed by atoms with Gasteiger partial charge in [0, 0.05) is 43.9 Å². The number of rotatable bonds is 2. The van der Waals surface area contributed by atoms with E-state index in [1.54, 1.807) is 0 Å². The first-order valence-corrected chi connectivity index (χ1v) is 6.97. The molecule has 18 heavy (non-hydrogen) atoms. The number of halogens is 2. The summed E-state index contributed by atoms with van der Waals surface area (Å²) in [4.78, 5) is 14.2. The summed E-state index contributed by atoms with van der Waals surface area (Å²) >= 11 is 0. The lowest BCUT2D eigenvalue weighted by molar-refractivity contribution is -0.133. The number of alkyl halides is 2. The van der Waals surface area contributed by atoms with Crippen molar-refractivity contribution in [2.45, 2.75) is 43.7 Å². The zero-order valence-electron chi connectivity index (χ0n) is 10.2. The molecule has 100 valence electrons. The second kappa shape index (κ2) is 3.44. The Labute approximate surface area is 105 Å². The van der Waals surface area contributed by atoms with E-state index < -0.39 is 11.8 Å². The molecule has 0 unspecified atom stereocenters. The smallest absolute Gasteiger partial charge is 0.252 e. The summed E-state index contributed by atoms with van der Waals surface area (Å²) in [6, 6.07) is 0.657. The molecule has 3 nitrogen and oxygen atoms in total. The Balaban J connectivity index is 1.48. The van der Waals surface area contributed by atoms with Crippen LogP contribution in [0.2, 0.25) is 0 Å². The third-order valence-electron chi connectivity index (χ3n) is 5.44. The summed E-state index contributed by atoms with van der Waals surface area (Å²) in [5.74, 6) is -2.10. The van der Waals surface area contributed by atoms with Crippen LogP contribution in [0.4, 0.5) is 8.78 Å². The molecule has 0 aromatic carbocycles. The highest BCUT2D eigenvalue weighted by atomic mass is 19.3. The average Bonchev–Trinajstić information content (AvgIpc) is 2.83. The maximum Gasteiger partial charge on any atom is 0.252 e. The molecule has 0 aromatic heterocycles. The van der Waals surface area contributed by atoms with Crippen LogP contribution >= 0.6 is 0 Å². The van der Waals surface area contributed by atoms with E-state index in [1.165, 1.54) is 0 Å². The Morgan fingerprint density at radius 3 is 2.28 bits per heavy atom. The van der Waals surface area contributed by atoms with Crippen LogP contribution in [0.5, 0.6) is 0 Å². The highest BCUT2D eigenvalue weighted by molar-refractivity contribution is 5.78. The zero-order valence-corrected chi connectivity index (χ0v) is 10.2. The molecule has 1 aliphatic carbocycles. The fourth-order valence-electron chi connectivity index (χ4n) is 4.45. The largest absolute Gasteiger partial charge is 0.336 e. The van der Waals surface area contributed by atoms with Crippen molar-refractivity contribution >= 4 is 5.91 Å². The van der Waals surface area contributed by atoms with Crippen LogP contribution in [0.3, 0.4) is 0 Å². The van der Waals surface area contributed by atoms with Gasteiger partial charge in [0.2, 0.25) is 5.91 Å². The molecular weight excluding hydrogens is 238 g/mol. The second-order valence-electron chi connectivity index (χ2n) is 6.37. The summed E-state index contributed by atoms with van der Waals surface area (Å²) in [5, 5.41) is 3.39. The predicted octanol–water partition coefficient (Wildman–Crippen LogP) is 1.24. The molecule has 5 atom stereocenters. The van der Waals surface area contributed by atoms with Crippen molar-refractivity contribution in [1.29, 1.82) is 0 Å². The summed E-state index contributed by atoms with van der Waals surface area (Å²) in [7, 11) is 0. The Kier molecular flexibility index (Phi) is 2.13. The quantitative estimate of drug-likeness (QED) is 0.806. The van der Waals surface area contributed by atoms with E-state index in [2.05, 4.69) is 5.32 Å². The minimum Gasteiger partial charge on any atom is -0.336 e. The van der Waals surface area contributed by atoms with Crippen molar-refractivity contribution < 1.29 is 13.6 Å². The van der Waals surface area contributed by atoms with Gasteiger partial charge in [0.15, 0.2) is 0 Å². The van der Waals surface area contributed by atoms with E-state index in [0.717, 1.165) is 25.9 Å². The molecule has 2 bridgehead atoms. The van der Waals surface area contributed by atoms with Gasteiger partial charge >= 0.3 is 0 Å². The highest BCUT2D eigenvalue weighted by Crippen LogP contribution is 2.53. The molecule has 0 radical (unpaired) electrons. The fourth-order valence-corrected chi connectivity index (χ4v) is 4.45. The lowest BCUT2D eigenvalue weighted by atomic mass is 9.82. The summed E-state index contributed by atoms with van der Waals surface area (Å²) in [5.41, 5.74) is 0. The van der Waals surface area contributed by atoms with Gasteiger partial charge in [-0.2, -0.15) is 0 Å². The van der Waals surface area contributed by atoms with E-state index in [4.69, 9.17) is 0 Å². The van der Waals surface area contributed by atoms with Gasteiger partial charge in [-0.15, -0.1) is 0 Å².